The van der Waals surface area contributed by atoms with E-state index in [1.54, 1.807) is 36.4 Å². The molecule has 5 atom stereocenters. The molecule has 186 valence electrons. The Labute approximate surface area is 211 Å². The minimum atomic E-state index is -3.88. The molecule has 0 aromatic heterocycles. The minimum absolute atomic E-state index is 0.0532. The van der Waals surface area contributed by atoms with E-state index >= 15 is 0 Å². The van der Waals surface area contributed by atoms with E-state index in [1.165, 1.54) is 5.56 Å². The van der Waals surface area contributed by atoms with Crippen LogP contribution in [0, 0.1) is 28.9 Å². The zero-order chi connectivity index (χ0) is 25.1. The third kappa shape index (κ3) is 3.76. The molecular weight excluding hydrogens is 474 g/mol. The molecule has 0 spiro atoms. The quantitative estimate of drug-likeness (QED) is 0.231. The van der Waals surface area contributed by atoms with Gasteiger partial charge >= 0.3 is 0 Å². The van der Waals surface area contributed by atoms with Crippen LogP contribution in [0.2, 0.25) is 0 Å². The summed E-state index contributed by atoms with van der Waals surface area (Å²) >= 11 is 0. The van der Waals surface area contributed by atoms with Crippen molar-refractivity contribution >= 4 is 15.8 Å². The predicted octanol–water partition coefficient (Wildman–Crippen LogP) is 6.08. The largest absolute Gasteiger partial charge is 0.297 e. The summed E-state index contributed by atoms with van der Waals surface area (Å²) in [5, 5.41) is 11.2. The van der Waals surface area contributed by atoms with E-state index in [2.05, 4.69) is 24.3 Å². The number of nitro groups is 1. The van der Waals surface area contributed by atoms with Gasteiger partial charge in [-0.1, -0.05) is 60.2 Å². The topological polar surface area (TPSA) is 86.5 Å². The summed E-state index contributed by atoms with van der Waals surface area (Å²) in [5.41, 5.74) is 3.30. The number of rotatable bonds is 6. The first-order chi connectivity index (χ1) is 17.2. The normalized spacial score (nSPS) is 30.9. The maximum Gasteiger partial charge on any atom is 0.297 e. The number of non-ortho nitro benzene ring substituents is 1. The van der Waals surface area contributed by atoms with E-state index < -0.39 is 10.1 Å². The Morgan fingerprint density at radius 3 is 1.86 bits per heavy atom. The molecule has 3 aromatic rings. The highest BCUT2D eigenvalue weighted by Gasteiger charge is 2.63. The van der Waals surface area contributed by atoms with Gasteiger partial charge in [-0.3, -0.25) is 14.3 Å². The SMILES string of the molecule is Cc1ccc(S(=O)(=O)OC2[C@@H]3CC4(c5ccccc5)C[C@H]2CC(c2ccc([N+](=O)[O-])cc2)(C3)C4)cc1. The van der Waals surface area contributed by atoms with Crippen LogP contribution in [0.3, 0.4) is 0 Å². The highest BCUT2D eigenvalue weighted by molar-refractivity contribution is 7.86. The van der Waals surface area contributed by atoms with Gasteiger partial charge in [0.15, 0.2) is 0 Å². The smallest absolute Gasteiger partial charge is 0.262 e. The second-order valence-electron chi connectivity index (χ2n) is 11.1. The summed E-state index contributed by atoms with van der Waals surface area (Å²) in [6.45, 7) is 1.93. The van der Waals surface area contributed by atoms with E-state index in [0.29, 0.717) is 0 Å². The number of benzene rings is 3. The van der Waals surface area contributed by atoms with Gasteiger partial charge in [-0.2, -0.15) is 8.42 Å². The lowest BCUT2D eigenvalue weighted by atomic mass is 9.41. The highest BCUT2D eigenvalue weighted by Crippen LogP contribution is 2.67. The Hall–Kier alpha value is -3.03. The second kappa shape index (κ2) is 8.25. The first kappa shape index (κ1) is 23.4. The van der Waals surface area contributed by atoms with Gasteiger partial charge in [-0.05, 0) is 85.0 Å². The number of nitro benzene ring substituents is 1. The summed E-state index contributed by atoms with van der Waals surface area (Å²) in [6, 6.07) is 24.4. The molecule has 0 radical (unpaired) electrons. The third-order valence-electron chi connectivity index (χ3n) is 8.84. The van der Waals surface area contributed by atoms with E-state index in [9.17, 15) is 18.5 Å². The molecular formula is C29H29NO5S. The molecule has 0 heterocycles. The van der Waals surface area contributed by atoms with Gasteiger partial charge < -0.3 is 0 Å². The van der Waals surface area contributed by atoms with Gasteiger partial charge in [0.1, 0.15) is 0 Å². The predicted molar refractivity (Wildman–Crippen MR) is 136 cm³/mol. The average Bonchev–Trinajstić information content (AvgIpc) is 2.87. The summed E-state index contributed by atoms with van der Waals surface area (Å²) in [4.78, 5) is 11.1. The number of hydrogen-bond acceptors (Lipinski definition) is 5. The summed E-state index contributed by atoms with van der Waals surface area (Å²) in [5.74, 6) is 0.170. The fourth-order valence-electron chi connectivity index (χ4n) is 7.57. The molecule has 7 rings (SSSR count). The van der Waals surface area contributed by atoms with Crippen LogP contribution in [-0.2, 0) is 25.1 Å². The molecule has 3 aromatic carbocycles. The van der Waals surface area contributed by atoms with Crippen LogP contribution < -0.4 is 0 Å². The van der Waals surface area contributed by atoms with Gasteiger partial charge in [-0.15, -0.1) is 0 Å². The number of hydrogen-bond donors (Lipinski definition) is 0. The van der Waals surface area contributed by atoms with Crippen molar-refractivity contribution in [2.75, 3.05) is 0 Å². The van der Waals surface area contributed by atoms with Crippen molar-refractivity contribution in [1.82, 2.24) is 0 Å². The van der Waals surface area contributed by atoms with E-state index in [-0.39, 0.29) is 44.3 Å². The zero-order valence-electron chi connectivity index (χ0n) is 20.2. The molecule has 36 heavy (non-hydrogen) atoms. The van der Waals surface area contributed by atoms with Gasteiger partial charge in [0.25, 0.3) is 15.8 Å². The monoisotopic (exact) mass is 503 g/mol. The first-order valence-corrected chi connectivity index (χ1v) is 13.9. The third-order valence-corrected chi connectivity index (χ3v) is 10.2. The van der Waals surface area contributed by atoms with Crippen molar-refractivity contribution in [1.29, 1.82) is 0 Å². The van der Waals surface area contributed by atoms with Gasteiger partial charge in [0.05, 0.1) is 15.9 Å². The molecule has 0 saturated heterocycles. The molecule has 4 bridgehead atoms. The van der Waals surface area contributed by atoms with Crippen molar-refractivity contribution in [3.8, 4) is 0 Å². The van der Waals surface area contributed by atoms with E-state index in [0.717, 1.165) is 43.2 Å². The van der Waals surface area contributed by atoms with Crippen LogP contribution in [0.4, 0.5) is 5.69 Å². The summed E-state index contributed by atoms with van der Waals surface area (Å²) < 4.78 is 32.5. The van der Waals surface area contributed by atoms with E-state index in [1.807, 2.05) is 25.1 Å². The van der Waals surface area contributed by atoms with Crippen molar-refractivity contribution in [2.45, 2.75) is 60.9 Å². The zero-order valence-corrected chi connectivity index (χ0v) is 21.0. The van der Waals surface area contributed by atoms with Crippen LogP contribution in [0.1, 0.15) is 48.8 Å². The first-order valence-electron chi connectivity index (χ1n) is 12.5. The van der Waals surface area contributed by atoms with Crippen molar-refractivity contribution < 1.29 is 17.5 Å². The molecule has 0 N–H and O–H groups in total. The molecule has 0 amide bonds. The van der Waals surface area contributed by atoms with Crippen LogP contribution >= 0.6 is 0 Å². The number of aryl methyl sites for hydroxylation is 1. The molecule has 7 heteroatoms. The van der Waals surface area contributed by atoms with Crippen molar-refractivity contribution in [3.05, 3.63) is 106 Å². The molecule has 6 nitrogen and oxygen atoms in total. The Morgan fingerprint density at radius 1 is 0.806 bits per heavy atom. The Balaban J connectivity index is 1.38. The maximum absolute atomic E-state index is 13.3. The van der Waals surface area contributed by atoms with Gasteiger partial charge in [0.2, 0.25) is 0 Å². The van der Waals surface area contributed by atoms with Gasteiger partial charge in [-0.25, -0.2) is 0 Å². The standard InChI is InChI=1S/C29H29NO5S/c1-20-7-13-26(14-8-20)36(33,34)35-27-21-15-28(23-5-3-2-4-6-23)16-22(27)18-29(17-21,19-28)24-9-11-25(12-10-24)30(31)32/h2-14,21-22,27H,15-19H2,1H3/t21-,22+,27?,28?,29?. The van der Waals surface area contributed by atoms with Crippen LogP contribution in [0.25, 0.3) is 0 Å². The van der Waals surface area contributed by atoms with Crippen molar-refractivity contribution in [3.63, 3.8) is 0 Å². The van der Waals surface area contributed by atoms with Crippen LogP contribution in [-0.4, -0.2) is 19.4 Å². The number of nitrogens with zero attached hydrogens (tertiary/aromatic N) is 1. The summed E-state index contributed by atoms with van der Waals surface area (Å²) in [7, 11) is -3.88. The molecule has 4 aliphatic rings. The van der Waals surface area contributed by atoms with Crippen LogP contribution in [0.5, 0.6) is 0 Å². The lowest BCUT2D eigenvalue weighted by Gasteiger charge is -2.64. The van der Waals surface area contributed by atoms with Gasteiger partial charge in [0, 0.05) is 12.1 Å². The highest BCUT2D eigenvalue weighted by atomic mass is 32.2. The average molecular weight is 504 g/mol. The fourth-order valence-corrected chi connectivity index (χ4v) is 8.76. The minimum Gasteiger partial charge on any atom is -0.262 e. The lowest BCUT2D eigenvalue weighted by molar-refractivity contribution is -0.384. The molecule has 3 unspecified atom stereocenters. The molecule has 0 aliphatic heterocycles. The Kier molecular flexibility index (Phi) is 5.36. The molecule has 4 fully saturated rings. The molecule has 4 saturated carbocycles. The van der Waals surface area contributed by atoms with Crippen LogP contribution in [0.15, 0.2) is 83.8 Å². The molecule has 4 aliphatic carbocycles. The van der Waals surface area contributed by atoms with E-state index in [4.69, 9.17) is 4.18 Å². The van der Waals surface area contributed by atoms with Crippen molar-refractivity contribution in [2.24, 2.45) is 11.8 Å². The Morgan fingerprint density at radius 2 is 1.33 bits per heavy atom. The second-order valence-corrected chi connectivity index (χ2v) is 12.6. The fraction of sp³-hybridized carbons (Fsp3) is 0.379. The lowest BCUT2D eigenvalue weighted by Crippen LogP contribution is -2.62. The maximum atomic E-state index is 13.3. The summed E-state index contributed by atoms with van der Waals surface area (Å²) in [6.07, 6.45) is 4.02. The Bertz CT molecular complexity index is 1380.